The van der Waals surface area contributed by atoms with Crippen LogP contribution in [0.1, 0.15) is 40.5 Å². The third-order valence-corrected chi connectivity index (χ3v) is 2.01. The van der Waals surface area contributed by atoms with E-state index in [1.807, 2.05) is 26.8 Å². The summed E-state index contributed by atoms with van der Waals surface area (Å²) in [4.78, 5) is 11.3. The number of hydrogen-bond acceptors (Lipinski definition) is 2. The normalized spacial score (nSPS) is 12.4. The number of hydrogen-bond donors (Lipinski definition) is 0. The van der Waals surface area contributed by atoms with Crippen LogP contribution in [0.4, 0.5) is 0 Å². The molecular weight excluding hydrogens is 188 g/mol. The van der Waals surface area contributed by atoms with Gasteiger partial charge in [-0.2, -0.15) is 0 Å². The molecular formula is C13H22O2. The topological polar surface area (TPSA) is 26.3 Å². The van der Waals surface area contributed by atoms with Crippen LogP contribution in [0.2, 0.25) is 0 Å². The first kappa shape index (κ1) is 13.9. The lowest BCUT2D eigenvalue weighted by atomic mass is 9.87. The number of rotatable bonds is 6. The van der Waals surface area contributed by atoms with Gasteiger partial charge in [0.15, 0.2) is 0 Å². The van der Waals surface area contributed by atoms with E-state index in [0.717, 1.165) is 6.42 Å². The van der Waals surface area contributed by atoms with Crippen molar-refractivity contribution in [1.82, 2.24) is 0 Å². The Kier molecular flexibility index (Phi) is 5.99. The van der Waals surface area contributed by atoms with Crippen molar-refractivity contribution in [3.05, 3.63) is 24.3 Å². The molecule has 0 aliphatic rings. The monoisotopic (exact) mass is 210 g/mol. The molecule has 0 N–H and O–H groups in total. The second-order valence-electron chi connectivity index (χ2n) is 4.45. The highest BCUT2D eigenvalue weighted by atomic mass is 16.5. The van der Waals surface area contributed by atoms with Gasteiger partial charge in [0, 0.05) is 0 Å². The maximum atomic E-state index is 11.3. The Morgan fingerprint density at radius 1 is 1.47 bits per heavy atom. The van der Waals surface area contributed by atoms with Gasteiger partial charge in [0.2, 0.25) is 0 Å². The second kappa shape index (κ2) is 6.44. The zero-order chi connectivity index (χ0) is 11.9. The molecule has 0 aromatic rings. The van der Waals surface area contributed by atoms with Crippen molar-refractivity contribution in [3.63, 3.8) is 0 Å². The molecule has 0 rings (SSSR count). The molecule has 0 saturated carbocycles. The minimum absolute atomic E-state index is 0.134. The molecule has 0 amide bonds. The third kappa shape index (κ3) is 6.95. The van der Waals surface area contributed by atoms with Crippen molar-refractivity contribution in [2.45, 2.75) is 40.5 Å². The van der Waals surface area contributed by atoms with Crippen LogP contribution in [-0.2, 0) is 9.53 Å². The van der Waals surface area contributed by atoms with E-state index in [-0.39, 0.29) is 11.4 Å². The fourth-order valence-corrected chi connectivity index (χ4v) is 1.59. The van der Waals surface area contributed by atoms with Gasteiger partial charge < -0.3 is 4.74 Å². The van der Waals surface area contributed by atoms with Gasteiger partial charge in [-0.3, -0.25) is 4.79 Å². The van der Waals surface area contributed by atoms with Crippen LogP contribution in [0.3, 0.4) is 0 Å². The van der Waals surface area contributed by atoms with E-state index in [1.165, 1.54) is 5.57 Å². The maximum Gasteiger partial charge on any atom is 0.306 e. The molecule has 0 aromatic heterocycles. The van der Waals surface area contributed by atoms with Crippen LogP contribution < -0.4 is 0 Å². The summed E-state index contributed by atoms with van der Waals surface area (Å²) < 4.78 is 4.93. The molecule has 86 valence electrons. The van der Waals surface area contributed by atoms with Gasteiger partial charge in [-0.25, -0.2) is 0 Å². The molecule has 0 aliphatic carbocycles. The van der Waals surface area contributed by atoms with E-state index in [9.17, 15) is 4.79 Å². The lowest BCUT2D eigenvalue weighted by Crippen LogP contribution is -2.17. The maximum absolute atomic E-state index is 11.3. The predicted octanol–water partition coefficient (Wildman–Crippen LogP) is 3.49. The van der Waals surface area contributed by atoms with Crippen LogP contribution in [0.5, 0.6) is 0 Å². The third-order valence-electron chi connectivity index (χ3n) is 2.01. The van der Waals surface area contributed by atoms with Crippen LogP contribution in [0, 0.1) is 5.41 Å². The van der Waals surface area contributed by atoms with E-state index in [0.29, 0.717) is 13.0 Å². The zero-order valence-corrected chi connectivity index (χ0v) is 10.3. The van der Waals surface area contributed by atoms with Gasteiger partial charge >= 0.3 is 5.97 Å². The fraction of sp³-hybridized carbons (Fsp3) is 0.615. The van der Waals surface area contributed by atoms with Crippen molar-refractivity contribution in [3.8, 4) is 0 Å². The largest absolute Gasteiger partial charge is 0.466 e. The quantitative estimate of drug-likeness (QED) is 0.495. The molecule has 2 nitrogen and oxygen atoms in total. The summed E-state index contributed by atoms with van der Waals surface area (Å²) in [6.45, 7) is 12.1. The van der Waals surface area contributed by atoms with Crippen LogP contribution >= 0.6 is 0 Å². The van der Waals surface area contributed by atoms with E-state index >= 15 is 0 Å². The molecule has 0 fully saturated rings. The molecule has 0 bridgehead atoms. The summed E-state index contributed by atoms with van der Waals surface area (Å²) in [5.41, 5.74) is 1.10. The Hall–Kier alpha value is -1.05. The lowest BCUT2D eigenvalue weighted by Gasteiger charge is -2.20. The Balaban J connectivity index is 4.34. The minimum Gasteiger partial charge on any atom is -0.466 e. The fourth-order valence-electron chi connectivity index (χ4n) is 1.59. The Bertz CT molecular complexity index is 249. The average Bonchev–Trinajstić information content (AvgIpc) is 2.01. The van der Waals surface area contributed by atoms with Crippen LogP contribution in [0.25, 0.3) is 0 Å². The number of esters is 1. The van der Waals surface area contributed by atoms with Crippen molar-refractivity contribution >= 4 is 5.97 Å². The molecule has 0 spiro atoms. The predicted molar refractivity (Wildman–Crippen MR) is 63.6 cm³/mol. The van der Waals surface area contributed by atoms with Crippen molar-refractivity contribution < 1.29 is 9.53 Å². The van der Waals surface area contributed by atoms with Crippen LogP contribution in [0.15, 0.2) is 24.3 Å². The SMILES string of the molecule is C=CCC(C)=CC(C)(C)CC(=O)OCC. The van der Waals surface area contributed by atoms with Crippen LogP contribution in [-0.4, -0.2) is 12.6 Å². The van der Waals surface area contributed by atoms with Crippen molar-refractivity contribution in [2.75, 3.05) is 6.61 Å². The van der Waals surface area contributed by atoms with E-state index in [2.05, 4.69) is 19.6 Å². The summed E-state index contributed by atoms with van der Waals surface area (Å²) in [6, 6.07) is 0. The van der Waals surface area contributed by atoms with E-state index in [1.54, 1.807) is 0 Å². The Morgan fingerprint density at radius 3 is 2.53 bits per heavy atom. The van der Waals surface area contributed by atoms with Gasteiger partial charge in [-0.05, 0) is 25.7 Å². The number of carbonyl (C=O) groups excluding carboxylic acids is 1. The first-order chi connectivity index (χ1) is 6.91. The molecule has 15 heavy (non-hydrogen) atoms. The molecule has 0 radical (unpaired) electrons. The summed E-state index contributed by atoms with van der Waals surface area (Å²) >= 11 is 0. The molecule has 0 aliphatic heterocycles. The first-order valence-corrected chi connectivity index (χ1v) is 5.36. The number of allylic oxidation sites excluding steroid dienone is 3. The molecule has 0 atom stereocenters. The van der Waals surface area contributed by atoms with Crippen molar-refractivity contribution in [1.29, 1.82) is 0 Å². The van der Waals surface area contributed by atoms with E-state index < -0.39 is 0 Å². The lowest BCUT2D eigenvalue weighted by molar-refractivity contribution is -0.144. The smallest absolute Gasteiger partial charge is 0.306 e. The standard InChI is InChI=1S/C13H22O2/c1-6-8-11(3)9-13(4,5)10-12(14)15-7-2/h6,9H,1,7-8,10H2,2-5H3. The van der Waals surface area contributed by atoms with Gasteiger partial charge in [0.25, 0.3) is 0 Å². The highest BCUT2D eigenvalue weighted by Crippen LogP contribution is 2.25. The average molecular weight is 210 g/mol. The highest BCUT2D eigenvalue weighted by Gasteiger charge is 2.20. The molecule has 0 heterocycles. The van der Waals surface area contributed by atoms with Gasteiger partial charge in [0.05, 0.1) is 13.0 Å². The van der Waals surface area contributed by atoms with Gasteiger partial charge in [0.1, 0.15) is 0 Å². The summed E-state index contributed by atoms with van der Waals surface area (Å²) in [7, 11) is 0. The summed E-state index contributed by atoms with van der Waals surface area (Å²) in [6.07, 6.45) is 5.28. The van der Waals surface area contributed by atoms with E-state index in [4.69, 9.17) is 4.74 Å². The summed E-state index contributed by atoms with van der Waals surface area (Å²) in [5, 5.41) is 0. The van der Waals surface area contributed by atoms with Gasteiger partial charge in [-0.1, -0.05) is 31.6 Å². The summed E-state index contributed by atoms with van der Waals surface area (Å²) in [5.74, 6) is -0.134. The number of ether oxygens (including phenoxy) is 1. The Morgan fingerprint density at radius 2 is 2.07 bits per heavy atom. The molecule has 2 heteroatoms. The second-order valence-corrected chi connectivity index (χ2v) is 4.45. The number of carbonyl (C=O) groups is 1. The first-order valence-electron chi connectivity index (χ1n) is 5.36. The molecule has 0 saturated heterocycles. The highest BCUT2D eigenvalue weighted by molar-refractivity contribution is 5.70. The van der Waals surface area contributed by atoms with Crippen molar-refractivity contribution in [2.24, 2.45) is 5.41 Å². The molecule has 0 unspecified atom stereocenters. The van der Waals surface area contributed by atoms with Gasteiger partial charge in [-0.15, -0.1) is 6.58 Å². The zero-order valence-electron chi connectivity index (χ0n) is 10.3. The molecule has 0 aromatic carbocycles. The minimum atomic E-state index is -0.140. The Labute approximate surface area is 93.0 Å².